The minimum atomic E-state index is -0.192. The van der Waals surface area contributed by atoms with Crippen molar-refractivity contribution in [2.24, 2.45) is 0 Å². The van der Waals surface area contributed by atoms with Crippen LogP contribution >= 0.6 is 0 Å². The van der Waals surface area contributed by atoms with Crippen molar-refractivity contribution in [3.05, 3.63) is 59.7 Å². The van der Waals surface area contributed by atoms with Crippen LogP contribution in [0.5, 0.6) is 5.75 Å². The predicted octanol–water partition coefficient (Wildman–Crippen LogP) is 4.40. The zero-order valence-corrected chi connectivity index (χ0v) is 15.7. The van der Waals surface area contributed by atoms with Gasteiger partial charge in [-0.05, 0) is 67.8 Å². The molecule has 0 bridgehead atoms. The van der Waals surface area contributed by atoms with Crippen LogP contribution in [0, 0.1) is 0 Å². The molecule has 0 radical (unpaired) electrons. The van der Waals surface area contributed by atoms with Crippen LogP contribution in [-0.2, 0) is 0 Å². The number of ether oxygens (including phenoxy) is 1. The Kier molecular flexibility index (Phi) is 6.47. The summed E-state index contributed by atoms with van der Waals surface area (Å²) < 4.78 is 5.66. The SMILES string of the molecule is CCCCCOc1ccc(C(=O)Nc2ccc(C(=O)NC3CC3)cc2)cc1. The van der Waals surface area contributed by atoms with Crippen molar-refractivity contribution in [2.75, 3.05) is 11.9 Å². The van der Waals surface area contributed by atoms with E-state index < -0.39 is 0 Å². The van der Waals surface area contributed by atoms with Gasteiger partial charge in [-0.3, -0.25) is 9.59 Å². The van der Waals surface area contributed by atoms with Gasteiger partial charge >= 0.3 is 0 Å². The average Bonchev–Trinajstić information content (AvgIpc) is 3.50. The normalized spacial score (nSPS) is 13.1. The summed E-state index contributed by atoms with van der Waals surface area (Å²) >= 11 is 0. The Morgan fingerprint density at radius 3 is 2.19 bits per heavy atom. The minimum absolute atomic E-state index is 0.0649. The number of anilines is 1. The first-order valence-electron chi connectivity index (χ1n) is 9.61. The number of unbranched alkanes of at least 4 members (excludes halogenated alkanes) is 2. The van der Waals surface area contributed by atoms with Crippen molar-refractivity contribution in [3.8, 4) is 5.75 Å². The van der Waals surface area contributed by atoms with Crippen LogP contribution in [0.4, 0.5) is 5.69 Å². The Morgan fingerprint density at radius 1 is 0.926 bits per heavy atom. The van der Waals surface area contributed by atoms with Crippen LogP contribution in [-0.4, -0.2) is 24.5 Å². The van der Waals surface area contributed by atoms with Crippen molar-refractivity contribution in [2.45, 2.75) is 45.1 Å². The summed E-state index contributed by atoms with van der Waals surface area (Å²) in [6.07, 6.45) is 5.47. The molecule has 2 amide bonds. The summed E-state index contributed by atoms with van der Waals surface area (Å²) in [5.41, 5.74) is 1.82. The maximum atomic E-state index is 12.4. The number of hydrogen-bond donors (Lipinski definition) is 2. The smallest absolute Gasteiger partial charge is 0.255 e. The van der Waals surface area contributed by atoms with E-state index >= 15 is 0 Å². The summed E-state index contributed by atoms with van der Waals surface area (Å²) in [5, 5.41) is 5.79. The summed E-state index contributed by atoms with van der Waals surface area (Å²) in [4.78, 5) is 24.3. The van der Waals surface area contributed by atoms with Gasteiger partial charge in [0.25, 0.3) is 11.8 Å². The third-order valence-electron chi connectivity index (χ3n) is 4.45. The van der Waals surface area contributed by atoms with Gasteiger partial charge in [-0.25, -0.2) is 0 Å². The Hall–Kier alpha value is -2.82. The highest BCUT2D eigenvalue weighted by molar-refractivity contribution is 6.04. The number of carbonyl (C=O) groups is 2. The van der Waals surface area contributed by atoms with E-state index in [0.717, 1.165) is 37.9 Å². The molecule has 0 unspecified atom stereocenters. The quantitative estimate of drug-likeness (QED) is 0.646. The Balaban J connectivity index is 1.51. The van der Waals surface area contributed by atoms with E-state index in [2.05, 4.69) is 17.6 Å². The molecule has 27 heavy (non-hydrogen) atoms. The molecule has 3 rings (SSSR count). The molecular weight excluding hydrogens is 340 g/mol. The highest BCUT2D eigenvalue weighted by Crippen LogP contribution is 2.20. The number of benzene rings is 2. The summed E-state index contributed by atoms with van der Waals surface area (Å²) in [7, 11) is 0. The van der Waals surface area contributed by atoms with Crippen molar-refractivity contribution in [3.63, 3.8) is 0 Å². The van der Waals surface area contributed by atoms with Crippen molar-refractivity contribution < 1.29 is 14.3 Å². The fraction of sp³-hybridized carbons (Fsp3) is 0.364. The van der Waals surface area contributed by atoms with E-state index in [1.807, 2.05) is 12.1 Å². The van der Waals surface area contributed by atoms with Crippen LogP contribution in [0.15, 0.2) is 48.5 Å². The lowest BCUT2D eigenvalue weighted by Crippen LogP contribution is -2.25. The lowest BCUT2D eigenvalue weighted by molar-refractivity contribution is 0.0950. The first-order chi connectivity index (χ1) is 13.2. The molecule has 1 aliphatic carbocycles. The maximum absolute atomic E-state index is 12.4. The van der Waals surface area contributed by atoms with E-state index in [-0.39, 0.29) is 11.8 Å². The second kappa shape index (κ2) is 9.21. The van der Waals surface area contributed by atoms with Crippen molar-refractivity contribution in [1.82, 2.24) is 5.32 Å². The van der Waals surface area contributed by atoms with Crippen molar-refractivity contribution >= 4 is 17.5 Å². The number of rotatable bonds is 9. The highest BCUT2D eigenvalue weighted by atomic mass is 16.5. The van der Waals surface area contributed by atoms with Crippen LogP contribution in [0.3, 0.4) is 0 Å². The summed E-state index contributed by atoms with van der Waals surface area (Å²) in [5.74, 6) is 0.515. The Labute approximate surface area is 160 Å². The molecule has 0 spiro atoms. The van der Waals surface area contributed by atoms with E-state index in [4.69, 9.17) is 4.74 Å². The average molecular weight is 366 g/mol. The van der Waals surface area contributed by atoms with E-state index in [9.17, 15) is 9.59 Å². The van der Waals surface area contributed by atoms with Crippen LogP contribution in [0.1, 0.15) is 59.7 Å². The third kappa shape index (κ3) is 5.84. The van der Waals surface area contributed by atoms with Gasteiger partial charge in [0.05, 0.1) is 6.61 Å². The Bertz CT molecular complexity index is 765. The molecule has 0 aliphatic heterocycles. The van der Waals surface area contributed by atoms with Gasteiger partial charge in [-0.1, -0.05) is 19.8 Å². The zero-order chi connectivity index (χ0) is 19.1. The zero-order valence-electron chi connectivity index (χ0n) is 15.7. The lowest BCUT2D eigenvalue weighted by Gasteiger charge is -2.09. The maximum Gasteiger partial charge on any atom is 0.255 e. The molecule has 5 nitrogen and oxygen atoms in total. The monoisotopic (exact) mass is 366 g/mol. The molecule has 2 N–H and O–H groups in total. The molecular formula is C22H26N2O3. The van der Waals surface area contributed by atoms with Crippen LogP contribution in [0.2, 0.25) is 0 Å². The van der Waals surface area contributed by atoms with E-state index in [0.29, 0.717) is 29.5 Å². The molecule has 2 aromatic carbocycles. The van der Waals surface area contributed by atoms with Crippen LogP contribution < -0.4 is 15.4 Å². The minimum Gasteiger partial charge on any atom is -0.494 e. The third-order valence-corrected chi connectivity index (χ3v) is 4.45. The topological polar surface area (TPSA) is 67.4 Å². The lowest BCUT2D eigenvalue weighted by atomic mass is 10.1. The van der Waals surface area contributed by atoms with Crippen LogP contribution in [0.25, 0.3) is 0 Å². The largest absolute Gasteiger partial charge is 0.494 e. The summed E-state index contributed by atoms with van der Waals surface area (Å²) in [6.45, 7) is 2.85. The number of hydrogen-bond acceptors (Lipinski definition) is 3. The fourth-order valence-corrected chi connectivity index (χ4v) is 2.65. The van der Waals surface area contributed by atoms with Gasteiger partial charge in [0, 0.05) is 22.9 Å². The number of carbonyl (C=O) groups excluding carboxylic acids is 2. The van der Waals surface area contributed by atoms with Crippen molar-refractivity contribution in [1.29, 1.82) is 0 Å². The molecule has 1 fully saturated rings. The highest BCUT2D eigenvalue weighted by Gasteiger charge is 2.23. The van der Waals surface area contributed by atoms with Gasteiger partial charge in [0.1, 0.15) is 5.75 Å². The van der Waals surface area contributed by atoms with E-state index in [1.54, 1.807) is 36.4 Å². The molecule has 0 saturated heterocycles. The van der Waals surface area contributed by atoms with E-state index in [1.165, 1.54) is 0 Å². The van der Waals surface area contributed by atoms with Gasteiger partial charge < -0.3 is 15.4 Å². The molecule has 5 heteroatoms. The Morgan fingerprint density at radius 2 is 1.56 bits per heavy atom. The molecule has 1 aliphatic rings. The fourth-order valence-electron chi connectivity index (χ4n) is 2.65. The second-order valence-electron chi connectivity index (χ2n) is 6.86. The molecule has 0 heterocycles. The molecule has 2 aromatic rings. The molecule has 1 saturated carbocycles. The standard InChI is InChI=1S/C22H26N2O3/c1-2-3-4-15-27-20-13-7-17(8-14-20)22(26)23-18-9-5-16(6-10-18)21(25)24-19-11-12-19/h5-10,13-14,19H,2-4,11-12,15H2,1H3,(H,23,26)(H,24,25). The first kappa shape index (κ1) is 19.0. The molecule has 0 aromatic heterocycles. The van der Waals surface area contributed by atoms with Gasteiger partial charge in [0.15, 0.2) is 0 Å². The van der Waals surface area contributed by atoms with Gasteiger partial charge in [0.2, 0.25) is 0 Å². The number of nitrogens with one attached hydrogen (secondary N) is 2. The second-order valence-corrected chi connectivity index (χ2v) is 6.86. The van der Waals surface area contributed by atoms with Gasteiger partial charge in [-0.15, -0.1) is 0 Å². The summed E-state index contributed by atoms with van der Waals surface area (Å²) in [6, 6.07) is 14.4. The number of amides is 2. The molecule has 0 atom stereocenters. The molecule has 142 valence electrons. The predicted molar refractivity (Wildman–Crippen MR) is 106 cm³/mol. The van der Waals surface area contributed by atoms with Gasteiger partial charge in [-0.2, -0.15) is 0 Å². The first-order valence-corrected chi connectivity index (χ1v) is 9.61.